The van der Waals surface area contributed by atoms with Crippen LogP contribution >= 0.6 is 0 Å². The van der Waals surface area contributed by atoms with Gasteiger partial charge >= 0.3 is 63.6 Å². The van der Waals surface area contributed by atoms with Crippen LogP contribution in [0, 0.1) is 5.92 Å². The van der Waals surface area contributed by atoms with Crippen molar-refractivity contribution in [2.45, 2.75) is 63.1 Å². The third-order valence-corrected chi connectivity index (χ3v) is 4.74. The van der Waals surface area contributed by atoms with Gasteiger partial charge in [0.15, 0.2) is 0 Å². The molecule has 0 aromatic carbocycles. The zero-order chi connectivity index (χ0) is 11.5. The Hall–Kier alpha value is 0.895. The average molecular weight is 240 g/mol. The van der Waals surface area contributed by atoms with Gasteiger partial charge in [-0.2, -0.15) is 0 Å². The Morgan fingerprint density at radius 3 is 2.33 bits per heavy atom. The van der Waals surface area contributed by atoms with Crippen molar-refractivity contribution in [2.24, 2.45) is 5.92 Å². The minimum absolute atomic E-state index is 0.168. The van der Waals surface area contributed by atoms with Crippen LogP contribution in [0.1, 0.15) is 46.0 Å². The Kier molecular flexibility index (Phi) is 12.1. The quantitative estimate of drug-likeness (QED) is 0.686. The van der Waals surface area contributed by atoms with E-state index >= 15 is 0 Å². The normalized spacial score (nSPS) is 18.3. The van der Waals surface area contributed by atoms with E-state index in [2.05, 4.69) is 25.0 Å². The molecular formula is C12H26Al2O. The summed E-state index contributed by atoms with van der Waals surface area (Å²) in [7, 11) is 0. The van der Waals surface area contributed by atoms with Crippen LogP contribution in [0.4, 0.5) is 0 Å². The van der Waals surface area contributed by atoms with Gasteiger partial charge in [-0.3, -0.25) is 0 Å². The molecule has 0 N–H and O–H groups in total. The fourth-order valence-corrected chi connectivity index (χ4v) is 3.48. The van der Waals surface area contributed by atoms with E-state index in [1.807, 2.05) is 0 Å². The predicted molar refractivity (Wildman–Crippen MR) is 73.5 cm³/mol. The summed E-state index contributed by atoms with van der Waals surface area (Å²) >= 11 is 0.226. The summed E-state index contributed by atoms with van der Waals surface area (Å²) in [5, 5.41) is 5.02. The van der Waals surface area contributed by atoms with Crippen LogP contribution in [0.25, 0.3) is 0 Å². The van der Waals surface area contributed by atoms with Gasteiger partial charge in [-0.15, -0.1) is 0 Å². The number of hydrogen-bond acceptors (Lipinski definition) is 1. The van der Waals surface area contributed by atoms with Crippen LogP contribution in [-0.2, 0) is 3.79 Å². The molecule has 0 amide bonds. The first-order valence-corrected chi connectivity index (χ1v) is 10.1. The molecule has 0 heterocycles. The molecule has 1 saturated carbocycles. The minimum atomic E-state index is -0.168. The maximum atomic E-state index is 5.40. The van der Waals surface area contributed by atoms with Gasteiger partial charge in [-0.25, -0.2) is 0 Å². The summed E-state index contributed by atoms with van der Waals surface area (Å²) in [6.07, 6.45) is 7.94. The van der Waals surface area contributed by atoms with Gasteiger partial charge in [0, 0.05) is 0 Å². The van der Waals surface area contributed by atoms with Crippen molar-refractivity contribution in [3.8, 4) is 0 Å². The topological polar surface area (TPSA) is 9.23 Å². The second-order valence-electron chi connectivity index (χ2n) is 4.53. The van der Waals surface area contributed by atoms with Gasteiger partial charge in [-0.05, 0) is 5.92 Å². The number of hydrogen-bond donors (Lipinski definition) is 0. The molecule has 1 aliphatic carbocycles. The third-order valence-electron chi connectivity index (χ3n) is 2.84. The molecule has 1 rings (SSSR count). The van der Waals surface area contributed by atoms with Crippen molar-refractivity contribution in [2.75, 3.05) is 0 Å². The van der Waals surface area contributed by atoms with E-state index in [-0.39, 0.29) is 15.6 Å². The molecule has 1 fully saturated rings. The molecule has 86 valence electrons. The second-order valence-corrected chi connectivity index (χ2v) is 6.49. The molecule has 1 unspecified atom stereocenters. The number of rotatable bonds is 4. The van der Waals surface area contributed by atoms with E-state index in [9.17, 15) is 0 Å². The molecule has 0 saturated heterocycles. The first-order valence-electron chi connectivity index (χ1n) is 6.43. The van der Waals surface area contributed by atoms with E-state index in [0.29, 0.717) is 20.9 Å². The molecule has 0 aromatic rings. The van der Waals surface area contributed by atoms with Gasteiger partial charge in [0.05, 0.1) is 0 Å². The molecule has 0 aromatic heterocycles. The predicted octanol–water partition coefficient (Wildman–Crippen LogP) is 2.93. The Balaban J connectivity index is 0.000000262. The van der Waals surface area contributed by atoms with Crippen LogP contribution in [0.5, 0.6) is 0 Å². The standard InChI is InChI=1S/C7H14.C3H6O.CH3.CH2.2Al.H/c1-7-5-3-2-4-6-7;1-3(2)4;;;;;/h7H,2-6H2,1H3;3H,1H2,2H3;1H3;1H2;;;/q;-1;;;;+1;. The Morgan fingerprint density at radius 1 is 1.40 bits per heavy atom. The Bertz CT molecular complexity index is 145. The third kappa shape index (κ3) is 11.2. The van der Waals surface area contributed by atoms with Gasteiger partial charge < -0.3 is 0 Å². The van der Waals surface area contributed by atoms with Crippen LogP contribution in [0.3, 0.4) is 0 Å². The Labute approximate surface area is 108 Å². The monoisotopic (exact) mass is 240 g/mol. The maximum absolute atomic E-state index is 5.40. The van der Waals surface area contributed by atoms with Gasteiger partial charge in [0.1, 0.15) is 0 Å². The van der Waals surface area contributed by atoms with Crippen molar-refractivity contribution in [1.82, 2.24) is 0 Å². The molecule has 0 aliphatic heterocycles. The molecule has 1 nitrogen and oxygen atoms in total. The molecule has 0 spiro atoms. The van der Waals surface area contributed by atoms with Crippen molar-refractivity contribution < 1.29 is 3.79 Å². The van der Waals surface area contributed by atoms with Crippen molar-refractivity contribution in [1.29, 1.82) is 0 Å². The van der Waals surface area contributed by atoms with Crippen LogP contribution in [-0.4, -0.2) is 41.8 Å². The van der Waals surface area contributed by atoms with Crippen molar-refractivity contribution in [3.63, 3.8) is 0 Å². The fraction of sp³-hybridized carbons (Fsp3) is 0.917. The van der Waals surface area contributed by atoms with Gasteiger partial charge in [0.2, 0.25) is 0 Å². The summed E-state index contributed by atoms with van der Waals surface area (Å²) in [5.74, 6) is 3.20. The molecular weight excluding hydrogens is 214 g/mol. The zero-order valence-electron chi connectivity index (χ0n) is 10.8. The summed E-state index contributed by atoms with van der Waals surface area (Å²) in [5.41, 5.74) is 0. The van der Waals surface area contributed by atoms with E-state index in [0.717, 1.165) is 5.92 Å². The summed E-state index contributed by atoms with van der Waals surface area (Å²) in [6.45, 7) is 4.49. The van der Waals surface area contributed by atoms with Crippen molar-refractivity contribution >= 4 is 35.7 Å². The first kappa shape index (κ1) is 15.9. The zero-order valence-corrected chi connectivity index (χ0v) is 13.4. The van der Waals surface area contributed by atoms with E-state index in [1.54, 1.807) is 0 Å². The molecule has 0 radical (unpaired) electrons. The summed E-state index contributed by atoms with van der Waals surface area (Å²) in [6, 6.07) is 0. The molecule has 1 atom stereocenters. The van der Waals surface area contributed by atoms with Gasteiger partial charge in [0.25, 0.3) is 0 Å². The molecule has 3 heteroatoms. The Morgan fingerprint density at radius 2 is 2.00 bits per heavy atom. The first-order chi connectivity index (χ1) is 7.20. The van der Waals surface area contributed by atoms with E-state index in [4.69, 9.17) is 3.79 Å². The van der Waals surface area contributed by atoms with Crippen LogP contribution in [0.2, 0.25) is 11.1 Å². The summed E-state index contributed by atoms with van der Waals surface area (Å²) < 4.78 is 5.40. The van der Waals surface area contributed by atoms with Crippen molar-refractivity contribution in [3.05, 3.63) is 0 Å². The van der Waals surface area contributed by atoms with Gasteiger partial charge in [-0.1, -0.05) is 39.0 Å². The molecule has 0 bridgehead atoms. The SMILES string of the molecule is CC1CCCCC1.[CH2]=[Al][CH2]C(C)[O][AlH][CH3]. The van der Waals surface area contributed by atoms with E-state index in [1.165, 1.54) is 37.4 Å². The second kappa shape index (κ2) is 11.4. The molecule has 15 heavy (non-hydrogen) atoms. The average Bonchev–Trinajstić information content (AvgIpc) is 2.20. The summed E-state index contributed by atoms with van der Waals surface area (Å²) in [4.78, 5) is 0. The fourth-order valence-electron chi connectivity index (χ4n) is 1.89. The van der Waals surface area contributed by atoms with Crippen LogP contribution < -0.4 is 0 Å². The van der Waals surface area contributed by atoms with E-state index < -0.39 is 0 Å². The molecule has 1 aliphatic rings. The van der Waals surface area contributed by atoms with Crippen LogP contribution in [0.15, 0.2) is 0 Å².